The predicted molar refractivity (Wildman–Crippen MR) is 80.9 cm³/mol. The topological polar surface area (TPSA) is 53.6 Å². The van der Waals surface area contributed by atoms with Gasteiger partial charge in [0.25, 0.3) is 0 Å². The lowest BCUT2D eigenvalue weighted by atomic mass is 10.0. The lowest BCUT2D eigenvalue weighted by molar-refractivity contribution is -0.133. The van der Waals surface area contributed by atoms with Gasteiger partial charge in [0.2, 0.25) is 5.91 Å². The minimum absolute atomic E-state index is 0.0656. The van der Waals surface area contributed by atoms with E-state index < -0.39 is 0 Å². The van der Waals surface area contributed by atoms with Crippen LogP contribution < -0.4 is 10.9 Å². The van der Waals surface area contributed by atoms with E-state index in [1.807, 2.05) is 29.2 Å². The summed E-state index contributed by atoms with van der Waals surface area (Å²) in [5.41, 5.74) is 7.32. The molecular formula is C15H20ClN3O2. The number of carbonyl (C=O) groups excluding carboxylic acids is 1. The van der Waals surface area contributed by atoms with E-state index in [2.05, 4.69) is 10.9 Å². The summed E-state index contributed by atoms with van der Waals surface area (Å²) in [4.78, 5) is 14.4. The Balaban J connectivity index is 1.64. The summed E-state index contributed by atoms with van der Waals surface area (Å²) in [6.45, 7) is 2.81. The largest absolute Gasteiger partial charge is 0.380 e. The molecule has 2 N–H and O–H groups in total. The number of hydrogen-bond acceptors (Lipinski definition) is 4. The van der Waals surface area contributed by atoms with Crippen molar-refractivity contribution in [2.24, 2.45) is 0 Å². The fourth-order valence-corrected chi connectivity index (χ4v) is 3.13. The number of halogens is 1. The van der Waals surface area contributed by atoms with Gasteiger partial charge in [-0.25, -0.2) is 10.9 Å². The van der Waals surface area contributed by atoms with Gasteiger partial charge in [-0.3, -0.25) is 4.79 Å². The number of carbonyl (C=O) groups is 1. The van der Waals surface area contributed by atoms with Crippen LogP contribution in [0.15, 0.2) is 24.3 Å². The highest BCUT2D eigenvalue weighted by atomic mass is 35.5. The molecule has 2 aliphatic rings. The second-order valence-corrected chi connectivity index (χ2v) is 5.85. The maximum absolute atomic E-state index is 12.5. The van der Waals surface area contributed by atoms with Crippen molar-refractivity contribution in [2.45, 2.75) is 24.9 Å². The summed E-state index contributed by atoms with van der Waals surface area (Å²) >= 11 is 6.22. The standard InChI is InChI=1S/C15H20ClN3O2/c16-12-5-2-1-4-11(12)13-10-14(18-17-13)15(20)19-6-3-8-21-9-7-19/h1-2,4-5,13-14,17-18H,3,6-10H2. The molecule has 2 aliphatic heterocycles. The van der Waals surface area contributed by atoms with Crippen LogP contribution in [0.3, 0.4) is 0 Å². The van der Waals surface area contributed by atoms with Crippen LogP contribution in [-0.2, 0) is 9.53 Å². The van der Waals surface area contributed by atoms with Gasteiger partial charge in [-0.2, -0.15) is 0 Å². The Labute approximate surface area is 129 Å². The summed E-state index contributed by atoms with van der Waals surface area (Å²) in [7, 11) is 0. The second-order valence-electron chi connectivity index (χ2n) is 5.44. The Morgan fingerprint density at radius 1 is 1.24 bits per heavy atom. The van der Waals surface area contributed by atoms with Gasteiger partial charge in [-0.05, 0) is 24.5 Å². The first-order valence-corrected chi connectivity index (χ1v) is 7.75. The van der Waals surface area contributed by atoms with Crippen molar-refractivity contribution in [1.82, 2.24) is 15.8 Å². The van der Waals surface area contributed by atoms with Crippen LogP contribution in [0, 0.1) is 0 Å². The Hall–Kier alpha value is -1.14. The van der Waals surface area contributed by atoms with Crippen molar-refractivity contribution in [3.8, 4) is 0 Å². The zero-order valence-electron chi connectivity index (χ0n) is 11.8. The highest BCUT2D eigenvalue weighted by Crippen LogP contribution is 2.28. The zero-order chi connectivity index (χ0) is 14.7. The van der Waals surface area contributed by atoms with Crippen LogP contribution >= 0.6 is 11.6 Å². The fraction of sp³-hybridized carbons (Fsp3) is 0.533. The third-order valence-corrected chi connectivity index (χ3v) is 4.36. The molecule has 3 rings (SSSR count). The number of nitrogens with one attached hydrogen (secondary N) is 2. The van der Waals surface area contributed by atoms with Crippen molar-refractivity contribution in [3.63, 3.8) is 0 Å². The van der Waals surface area contributed by atoms with Gasteiger partial charge in [0.05, 0.1) is 6.61 Å². The van der Waals surface area contributed by atoms with Crippen LogP contribution in [0.25, 0.3) is 0 Å². The highest BCUT2D eigenvalue weighted by molar-refractivity contribution is 6.31. The minimum atomic E-state index is -0.204. The number of hydrazine groups is 1. The van der Waals surface area contributed by atoms with E-state index in [0.717, 1.165) is 30.2 Å². The molecule has 1 aromatic rings. The molecule has 0 radical (unpaired) electrons. The quantitative estimate of drug-likeness (QED) is 0.869. The first kappa shape index (κ1) is 14.8. The van der Waals surface area contributed by atoms with Gasteiger partial charge < -0.3 is 9.64 Å². The normalized spacial score (nSPS) is 26.6. The zero-order valence-corrected chi connectivity index (χ0v) is 12.6. The molecule has 2 saturated heterocycles. The average Bonchev–Trinajstić information content (AvgIpc) is 2.82. The second kappa shape index (κ2) is 6.75. The average molecular weight is 310 g/mol. The first-order valence-electron chi connectivity index (χ1n) is 7.38. The molecule has 0 spiro atoms. The molecule has 1 amide bonds. The fourth-order valence-electron chi connectivity index (χ4n) is 2.87. The summed E-state index contributed by atoms with van der Waals surface area (Å²) in [6, 6.07) is 7.60. The van der Waals surface area contributed by atoms with E-state index in [4.69, 9.17) is 16.3 Å². The number of nitrogens with zero attached hydrogens (tertiary/aromatic N) is 1. The Morgan fingerprint density at radius 2 is 2.10 bits per heavy atom. The molecule has 2 fully saturated rings. The Kier molecular flexibility index (Phi) is 4.75. The number of rotatable bonds is 2. The third-order valence-electron chi connectivity index (χ3n) is 4.02. The summed E-state index contributed by atoms with van der Waals surface area (Å²) in [5, 5.41) is 0.730. The molecule has 2 heterocycles. The molecule has 21 heavy (non-hydrogen) atoms. The molecule has 6 heteroatoms. The molecule has 114 valence electrons. The Bertz CT molecular complexity index is 503. The van der Waals surface area contributed by atoms with Crippen molar-refractivity contribution >= 4 is 17.5 Å². The highest BCUT2D eigenvalue weighted by Gasteiger charge is 2.33. The van der Waals surface area contributed by atoms with Crippen LogP contribution in [0.4, 0.5) is 0 Å². The molecular weight excluding hydrogens is 290 g/mol. The summed E-state index contributed by atoms with van der Waals surface area (Å²) < 4.78 is 5.40. The number of amides is 1. The molecule has 1 aromatic carbocycles. The van der Waals surface area contributed by atoms with E-state index in [1.54, 1.807) is 0 Å². The molecule has 5 nitrogen and oxygen atoms in total. The minimum Gasteiger partial charge on any atom is -0.380 e. The molecule has 0 bridgehead atoms. The SMILES string of the molecule is O=C(C1CC(c2ccccc2Cl)NN1)N1CCCOCC1. The smallest absolute Gasteiger partial charge is 0.241 e. The van der Waals surface area contributed by atoms with Crippen LogP contribution in [0.1, 0.15) is 24.4 Å². The van der Waals surface area contributed by atoms with Crippen molar-refractivity contribution in [2.75, 3.05) is 26.3 Å². The van der Waals surface area contributed by atoms with Crippen LogP contribution in [0.5, 0.6) is 0 Å². The number of benzene rings is 1. The maximum atomic E-state index is 12.5. The van der Waals surface area contributed by atoms with E-state index in [1.165, 1.54) is 0 Å². The number of ether oxygens (including phenoxy) is 1. The van der Waals surface area contributed by atoms with Crippen molar-refractivity contribution < 1.29 is 9.53 Å². The van der Waals surface area contributed by atoms with Crippen LogP contribution in [0.2, 0.25) is 5.02 Å². The lowest BCUT2D eigenvalue weighted by Gasteiger charge is -2.22. The molecule has 2 unspecified atom stereocenters. The first-order chi connectivity index (χ1) is 10.3. The van der Waals surface area contributed by atoms with Crippen molar-refractivity contribution in [3.05, 3.63) is 34.9 Å². The lowest BCUT2D eigenvalue weighted by Crippen LogP contribution is -2.46. The monoisotopic (exact) mass is 309 g/mol. The van der Waals surface area contributed by atoms with Gasteiger partial charge in [0.1, 0.15) is 6.04 Å². The van der Waals surface area contributed by atoms with Gasteiger partial charge in [-0.1, -0.05) is 29.8 Å². The third kappa shape index (κ3) is 3.37. The summed E-state index contributed by atoms with van der Waals surface area (Å²) in [6.07, 6.45) is 1.61. The molecule has 0 aromatic heterocycles. The van der Waals surface area contributed by atoms with Crippen LogP contribution in [-0.4, -0.2) is 43.2 Å². The van der Waals surface area contributed by atoms with E-state index in [9.17, 15) is 4.79 Å². The van der Waals surface area contributed by atoms with Crippen molar-refractivity contribution in [1.29, 1.82) is 0 Å². The van der Waals surface area contributed by atoms with Gasteiger partial charge >= 0.3 is 0 Å². The van der Waals surface area contributed by atoms with E-state index in [0.29, 0.717) is 19.6 Å². The van der Waals surface area contributed by atoms with E-state index >= 15 is 0 Å². The molecule has 2 atom stereocenters. The predicted octanol–water partition coefficient (Wildman–Crippen LogP) is 1.50. The maximum Gasteiger partial charge on any atom is 0.241 e. The molecule has 0 aliphatic carbocycles. The Morgan fingerprint density at radius 3 is 2.95 bits per heavy atom. The van der Waals surface area contributed by atoms with Gasteiger partial charge in [-0.15, -0.1) is 0 Å². The summed E-state index contributed by atoms with van der Waals surface area (Å²) in [5.74, 6) is 0.141. The molecule has 0 saturated carbocycles. The van der Waals surface area contributed by atoms with Gasteiger partial charge in [0.15, 0.2) is 0 Å². The van der Waals surface area contributed by atoms with Gasteiger partial charge in [0, 0.05) is 30.8 Å². The number of hydrogen-bond donors (Lipinski definition) is 2. The van der Waals surface area contributed by atoms with E-state index in [-0.39, 0.29) is 18.0 Å².